The summed E-state index contributed by atoms with van der Waals surface area (Å²) in [5, 5.41) is 2.65. The Bertz CT molecular complexity index is 902. The van der Waals surface area contributed by atoms with E-state index in [1.807, 2.05) is 4.72 Å². The van der Waals surface area contributed by atoms with Crippen molar-refractivity contribution in [3.05, 3.63) is 29.7 Å². The number of nitrogens with one attached hydrogen (secondary N) is 2. The standard InChI is InChI=1S/C16H20FN3O6S/c1-16(2)25-14(21)9(15(22)26-16)8-19-11-7-13(27(23,24)18-3)10(17)6-12(11)20(4)5/h6-8,18-19H,1-5H3. The summed E-state index contributed by atoms with van der Waals surface area (Å²) in [6.45, 7) is 2.82. The summed E-state index contributed by atoms with van der Waals surface area (Å²) in [5.41, 5.74) is 0.0202. The molecule has 0 radical (unpaired) electrons. The van der Waals surface area contributed by atoms with Crippen LogP contribution < -0.4 is 14.9 Å². The maximum atomic E-state index is 14.2. The lowest BCUT2D eigenvalue weighted by Crippen LogP contribution is -2.42. The minimum Gasteiger partial charge on any atom is -0.419 e. The third-order valence-corrected chi connectivity index (χ3v) is 5.01. The van der Waals surface area contributed by atoms with Gasteiger partial charge in [-0.15, -0.1) is 0 Å². The van der Waals surface area contributed by atoms with Gasteiger partial charge < -0.3 is 19.7 Å². The molecular weight excluding hydrogens is 381 g/mol. The van der Waals surface area contributed by atoms with E-state index >= 15 is 0 Å². The molecule has 0 amide bonds. The van der Waals surface area contributed by atoms with Gasteiger partial charge in [0.1, 0.15) is 10.7 Å². The second-order valence-electron chi connectivity index (χ2n) is 6.28. The van der Waals surface area contributed by atoms with Crippen LogP contribution >= 0.6 is 0 Å². The Labute approximate surface area is 156 Å². The van der Waals surface area contributed by atoms with E-state index in [1.54, 1.807) is 14.1 Å². The van der Waals surface area contributed by atoms with Gasteiger partial charge in [0.2, 0.25) is 10.0 Å². The quantitative estimate of drug-likeness (QED) is 0.426. The molecule has 1 aromatic carbocycles. The molecule has 1 saturated heterocycles. The molecule has 0 unspecified atom stereocenters. The predicted octanol–water partition coefficient (Wildman–Crippen LogP) is 0.932. The highest BCUT2D eigenvalue weighted by atomic mass is 32.2. The molecule has 9 nitrogen and oxygen atoms in total. The number of halogens is 1. The molecule has 2 rings (SSSR count). The van der Waals surface area contributed by atoms with E-state index in [0.29, 0.717) is 0 Å². The first-order valence-corrected chi connectivity index (χ1v) is 9.24. The maximum absolute atomic E-state index is 14.2. The van der Waals surface area contributed by atoms with Crippen LogP contribution in [-0.4, -0.2) is 47.3 Å². The lowest BCUT2D eigenvalue weighted by molar-refractivity contribution is -0.222. The van der Waals surface area contributed by atoms with Crippen molar-refractivity contribution < 1.29 is 31.9 Å². The lowest BCUT2D eigenvalue weighted by atomic mass is 10.2. The Kier molecular flexibility index (Phi) is 5.47. The van der Waals surface area contributed by atoms with Crippen LogP contribution in [-0.2, 0) is 29.1 Å². The van der Waals surface area contributed by atoms with Crippen molar-refractivity contribution in [1.29, 1.82) is 0 Å². The fourth-order valence-electron chi connectivity index (χ4n) is 2.27. The van der Waals surface area contributed by atoms with Gasteiger partial charge in [0.15, 0.2) is 5.57 Å². The van der Waals surface area contributed by atoms with E-state index in [1.165, 1.54) is 18.7 Å². The summed E-state index contributed by atoms with van der Waals surface area (Å²) < 4.78 is 50.2. The van der Waals surface area contributed by atoms with Crippen molar-refractivity contribution in [3.8, 4) is 0 Å². The Balaban J connectivity index is 2.47. The fraction of sp³-hybridized carbons (Fsp3) is 0.375. The number of nitrogens with zero attached hydrogens (tertiary/aromatic N) is 1. The smallest absolute Gasteiger partial charge is 0.350 e. The normalized spacial score (nSPS) is 16.4. The number of benzene rings is 1. The number of carbonyl (C=O) groups excluding carboxylic acids is 2. The predicted molar refractivity (Wildman–Crippen MR) is 94.9 cm³/mol. The van der Waals surface area contributed by atoms with Gasteiger partial charge in [-0.2, -0.15) is 0 Å². The van der Waals surface area contributed by atoms with Gasteiger partial charge >= 0.3 is 11.9 Å². The molecule has 11 heteroatoms. The van der Waals surface area contributed by atoms with E-state index in [0.717, 1.165) is 25.4 Å². The third kappa shape index (κ3) is 4.37. The van der Waals surface area contributed by atoms with Gasteiger partial charge in [0.25, 0.3) is 5.79 Å². The lowest BCUT2D eigenvalue weighted by Gasteiger charge is -2.29. The first-order chi connectivity index (χ1) is 12.4. The van der Waals surface area contributed by atoms with Crippen molar-refractivity contribution in [2.75, 3.05) is 31.4 Å². The number of rotatable bonds is 5. The van der Waals surface area contributed by atoms with E-state index in [4.69, 9.17) is 9.47 Å². The molecule has 0 spiro atoms. The molecule has 1 aliphatic rings. The first-order valence-electron chi connectivity index (χ1n) is 7.76. The molecule has 2 N–H and O–H groups in total. The highest BCUT2D eigenvalue weighted by Crippen LogP contribution is 2.31. The van der Waals surface area contributed by atoms with Crippen molar-refractivity contribution in [2.45, 2.75) is 24.5 Å². The van der Waals surface area contributed by atoms with Crippen LogP contribution in [0.15, 0.2) is 28.8 Å². The summed E-state index contributed by atoms with van der Waals surface area (Å²) in [5.74, 6) is -4.14. The number of sulfonamides is 1. The summed E-state index contributed by atoms with van der Waals surface area (Å²) in [7, 11) is 0.323. The molecule has 1 fully saturated rings. The van der Waals surface area contributed by atoms with Gasteiger partial charge in [-0.05, 0) is 13.1 Å². The molecule has 1 aliphatic heterocycles. The van der Waals surface area contributed by atoms with E-state index in [-0.39, 0.29) is 11.4 Å². The van der Waals surface area contributed by atoms with Crippen LogP contribution in [0.1, 0.15) is 13.8 Å². The number of hydrogen-bond acceptors (Lipinski definition) is 8. The van der Waals surface area contributed by atoms with Crippen LogP contribution in [0.5, 0.6) is 0 Å². The van der Waals surface area contributed by atoms with Crippen molar-refractivity contribution in [3.63, 3.8) is 0 Å². The van der Waals surface area contributed by atoms with Crippen molar-refractivity contribution in [2.24, 2.45) is 0 Å². The number of carbonyl (C=O) groups is 2. The number of cyclic esters (lactones) is 2. The molecule has 0 aliphatic carbocycles. The third-order valence-electron chi connectivity index (χ3n) is 3.58. The van der Waals surface area contributed by atoms with Crippen molar-refractivity contribution in [1.82, 2.24) is 4.72 Å². The summed E-state index contributed by atoms with van der Waals surface area (Å²) in [6, 6.07) is 2.07. The summed E-state index contributed by atoms with van der Waals surface area (Å²) in [4.78, 5) is 24.9. The molecule has 27 heavy (non-hydrogen) atoms. The molecule has 1 aromatic rings. The van der Waals surface area contributed by atoms with Crippen LogP contribution in [0.25, 0.3) is 0 Å². The van der Waals surface area contributed by atoms with Gasteiger partial charge in [0, 0.05) is 40.2 Å². The number of esters is 2. The zero-order valence-corrected chi connectivity index (χ0v) is 16.2. The van der Waals surface area contributed by atoms with Crippen LogP contribution in [0.2, 0.25) is 0 Å². The Hall–Kier alpha value is -2.66. The number of hydrogen-bond donors (Lipinski definition) is 2. The molecule has 0 saturated carbocycles. The van der Waals surface area contributed by atoms with E-state index < -0.39 is 44.0 Å². The zero-order valence-electron chi connectivity index (χ0n) is 15.4. The Morgan fingerprint density at radius 2 is 1.70 bits per heavy atom. The zero-order chi connectivity index (χ0) is 20.6. The fourth-order valence-corrected chi connectivity index (χ4v) is 3.08. The highest BCUT2D eigenvalue weighted by molar-refractivity contribution is 7.89. The summed E-state index contributed by atoms with van der Waals surface area (Å²) in [6.07, 6.45) is 1.02. The van der Waals surface area contributed by atoms with Gasteiger partial charge in [-0.3, -0.25) is 0 Å². The first kappa shape index (κ1) is 20.6. The van der Waals surface area contributed by atoms with E-state index in [9.17, 15) is 22.4 Å². The Morgan fingerprint density at radius 3 is 2.19 bits per heavy atom. The van der Waals surface area contributed by atoms with Gasteiger partial charge in [-0.25, -0.2) is 27.1 Å². The van der Waals surface area contributed by atoms with Crippen LogP contribution in [0, 0.1) is 5.82 Å². The molecule has 0 aromatic heterocycles. The highest BCUT2D eigenvalue weighted by Gasteiger charge is 2.39. The average Bonchev–Trinajstić information content (AvgIpc) is 2.53. The average molecular weight is 401 g/mol. The molecule has 0 bridgehead atoms. The van der Waals surface area contributed by atoms with Crippen LogP contribution in [0.4, 0.5) is 15.8 Å². The summed E-state index contributed by atoms with van der Waals surface area (Å²) >= 11 is 0. The SMILES string of the molecule is CNS(=O)(=O)c1cc(NC=C2C(=O)OC(C)(C)OC2=O)c(N(C)C)cc1F. The molecule has 0 atom stereocenters. The second-order valence-corrected chi connectivity index (χ2v) is 8.14. The largest absolute Gasteiger partial charge is 0.419 e. The van der Waals surface area contributed by atoms with E-state index in [2.05, 4.69) is 5.32 Å². The second kappa shape index (κ2) is 7.16. The van der Waals surface area contributed by atoms with Crippen LogP contribution in [0.3, 0.4) is 0 Å². The molecule has 148 valence electrons. The van der Waals surface area contributed by atoms with Gasteiger partial charge in [-0.1, -0.05) is 0 Å². The van der Waals surface area contributed by atoms with Gasteiger partial charge in [0.05, 0.1) is 11.4 Å². The molecular formula is C16H20FN3O6S. The molecule has 1 heterocycles. The van der Waals surface area contributed by atoms with Crippen molar-refractivity contribution >= 4 is 33.3 Å². The monoisotopic (exact) mass is 401 g/mol. The number of ether oxygens (including phenoxy) is 2. The topological polar surface area (TPSA) is 114 Å². The maximum Gasteiger partial charge on any atom is 0.350 e. The minimum atomic E-state index is -4.06. The number of anilines is 2. The Morgan fingerprint density at radius 1 is 1.15 bits per heavy atom. The minimum absolute atomic E-state index is 0.146.